The Kier molecular flexibility index (Phi) is 32.6. The number of amides is 4. The van der Waals surface area contributed by atoms with E-state index in [0.29, 0.717) is 0 Å². The molecular formula is C62H104N4O45. The first-order valence-electron chi connectivity index (χ1n) is 35.5. The monoisotopic (exact) mass is 1620 g/mol. The molecule has 0 aromatic heterocycles. The maximum atomic E-state index is 13.2. The third kappa shape index (κ3) is 20.3. The van der Waals surface area contributed by atoms with Gasteiger partial charge in [-0.15, -0.1) is 0 Å². The molecule has 9 saturated heterocycles. The molecule has 0 aliphatic carbocycles. The second kappa shape index (κ2) is 39.7. The fourth-order valence-corrected chi connectivity index (χ4v) is 14.3. The fraction of sp³-hybridized carbons (Fsp3) is 0.935. The molecule has 0 radical (unpaired) electrons. The summed E-state index contributed by atoms with van der Waals surface area (Å²) in [5.74, 6) is -3.59. The SMILES string of the molecule is CC(=O)N[C@@H]1[C@H](O[C@@H]2[C@@H](O[C@@H]3[C@H](O)[C@H](O[C@H]4[C@H](O)[C@@H](NC(C)=O)[C@H](O[C@H]5[C@H](O)[C@@H](NC(C)=O)[C@H](O)O[C@@H]5CO[C@@H]5O[C@@H](C)[C@@H](O)[C@@H](O)[C@@H]5O)O[C@@H]4CO)O[C@H](CO[C@H]4O[C@H](CO)[C@@H](O)[C@H](O)[C@@H]4O[C@@H]4O[C@H](CO)[C@@H](O[C@@H]5O[C@H](CO)[C@H](O)[C@H](O)[C@H]5O)[C@H](O)[C@H]4NC(C)=O)[C@H]3O)O[C@H](CO)[C@@H](O)[C@@H]2O)O[C@H](CO)[C@@H](O)[C@@H]1O. The highest BCUT2D eigenvalue weighted by Crippen LogP contribution is 2.40. The van der Waals surface area contributed by atoms with Crippen molar-refractivity contribution >= 4 is 23.6 Å². The van der Waals surface area contributed by atoms with Crippen LogP contribution in [0.3, 0.4) is 0 Å². The number of nitrogens with one attached hydrogen (secondary N) is 4. The molecule has 9 aliphatic heterocycles. The Labute approximate surface area is 629 Å². The molecule has 4 amide bonds. The summed E-state index contributed by atoms with van der Waals surface area (Å²) < 4.78 is 101. The van der Waals surface area contributed by atoms with Gasteiger partial charge in [0.05, 0.1) is 59.0 Å². The molecule has 0 aromatic carbocycles. The minimum atomic E-state index is -2.55. The van der Waals surface area contributed by atoms with Gasteiger partial charge in [0, 0.05) is 27.7 Å². The predicted octanol–water partition coefficient (Wildman–Crippen LogP) is -19.0. The maximum absolute atomic E-state index is 13.2. The molecule has 9 rings (SSSR count). The number of hydrogen-bond donors (Lipinski definition) is 28. The molecule has 111 heavy (non-hydrogen) atoms. The zero-order valence-electron chi connectivity index (χ0n) is 59.9. The second-order valence-electron chi connectivity index (χ2n) is 28.2. The van der Waals surface area contributed by atoms with Gasteiger partial charge < -0.3 is 224 Å². The quantitative estimate of drug-likeness (QED) is 0.0346. The summed E-state index contributed by atoms with van der Waals surface area (Å²) in [6.45, 7) is -3.36. The Morgan fingerprint density at radius 2 is 0.559 bits per heavy atom. The minimum absolute atomic E-state index is 0.827. The van der Waals surface area contributed by atoms with Gasteiger partial charge in [-0.05, 0) is 6.92 Å². The predicted molar refractivity (Wildman–Crippen MR) is 342 cm³/mol. The molecule has 49 heteroatoms. The molecule has 642 valence electrons. The smallest absolute Gasteiger partial charge is 0.217 e. The number of aliphatic hydroxyl groups is 24. The number of carbonyl (C=O) groups excluding carboxylic acids is 4. The lowest BCUT2D eigenvalue weighted by Crippen LogP contribution is -2.71. The largest absolute Gasteiger partial charge is 0.394 e. The Hall–Kier alpha value is -3.76. The van der Waals surface area contributed by atoms with Crippen molar-refractivity contribution in [2.45, 2.75) is 311 Å². The molecule has 0 bridgehead atoms. The molecule has 45 atom stereocenters. The van der Waals surface area contributed by atoms with Crippen molar-refractivity contribution in [3.63, 3.8) is 0 Å². The van der Waals surface area contributed by atoms with Crippen LogP contribution in [0.25, 0.3) is 0 Å². The molecule has 0 unspecified atom stereocenters. The third-order valence-corrected chi connectivity index (χ3v) is 20.3. The van der Waals surface area contributed by atoms with Crippen LogP contribution in [-0.4, -0.2) is 475 Å². The molecule has 28 N–H and O–H groups in total. The normalized spacial score (nSPS) is 49.3. The van der Waals surface area contributed by atoms with Gasteiger partial charge in [-0.2, -0.15) is 0 Å². The Balaban J connectivity index is 1.05. The summed E-state index contributed by atoms with van der Waals surface area (Å²) in [5.41, 5.74) is 0. The first kappa shape index (κ1) is 91.1. The van der Waals surface area contributed by atoms with E-state index in [1.165, 1.54) is 6.92 Å². The third-order valence-electron chi connectivity index (χ3n) is 20.3. The summed E-state index contributed by atoms with van der Waals surface area (Å²) in [5, 5.41) is 276. The Bertz CT molecular complexity index is 2950. The summed E-state index contributed by atoms with van der Waals surface area (Å²) in [6.07, 6.45) is -83.2. The van der Waals surface area contributed by atoms with E-state index in [0.717, 1.165) is 27.7 Å². The summed E-state index contributed by atoms with van der Waals surface area (Å²) >= 11 is 0. The van der Waals surface area contributed by atoms with Gasteiger partial charge in [-0.25, -0.2) is 0 Å². The zero-order valence-corrected chi connectivity index (χ0v) is 59.9. The maximum Gasteiger partial charge on any atom is 0.217 e. The number of rotatable bonds is 28. The molecule has 9 aliphatic rings. The topological polar surface area (TPSA) is 759 Å². The molecule has 9 fully saturated rings. The van der Waals surface area contributed by atoms with Crippen molar-refractivity contribution in [1.29, 1.82) is 0 Å². The Morgan fingerprint density at radius 3 is 1.03 bits per heavy atom. The number of ether oxygens (including phenoxy) is 17. The lowest BCUT2D eigenvalue weighted by Gasteiger charge is -2.51. The van der Waals surface area contributed by atoms with E-state index >= 15 is 0 Å². The summed E-state index contributed by atoms with van der Waals surface area (Å²) in [6, 6.07) is -7.39. The van der Waals surface area contributed by atoms with Crippen LogP contribution in [0.4, 0.5) is 0 Å². The van der Waals surface area contributed by atoms with Crippen LogP contribution >= 0.6 is 0 Å². The van der Waals surface area contributed by atoms with E-state index in [4.69, 9.17) is 80.5 Å². The van der Waals surface area contributed by atoms with E-state index < -0.39 is 353 Å². The second-order valence-corrected chi connectivity index (χ2v) is 28.2. The van der Waals surface area contributed by atoms with Crippen LogP contribution in [0.2, 0.25) is 0 Å². The van der Waals surface area contributed by atoms with E-state index in [1.54, 1.807) is 0 Å². The van der Waals surface area contributed by atoms with Gasteiger partial charge in [0.2, 0.25) is 23.6 Å². The molecule has 0 saturated carbocycles. The fourth-order valence-electron chi connectivity index (χ4n) is 14.3. The van der Waals surface area contributed by atoms with E-state index in [2.05, 4.69) is 21.3 Å². The van der Waals surface area contributed by atoms with Crippen LogP contribution in [0.1, 0.15) is 34.6 Å². The lowest BCUT2D eigenvalue weighted by atomic mass is 9.93. The van der Waals surface area contributed by atoms with Crippen molar-refractivity contribution in [2.75, 3.05) is 52.9 Å². The molecule has 49 nitrogen and oxygen atoms in total. The van der Waals surface area contributed by atoms with Gasteiger partial charge in [0.1, 0.15) is 213 Å². The first-order valence-corrected chi connectivity index (χ1v) is 35.5. The van der Waals surface area contributed by atoms with Crippen molar-refractivity contribution in [3.05, 3.63) is 0 Å². The summed E-state index contributed by atoms with van der Waals surface area (Å²) in [7, 11) is 0. The van der Waals surface area contributed by atoms with Crippen LogP contribution in [-0.2, 0) is 99.7 Å². The van der Waals surface area contributed by atoms with Crippen molar-refractivity contribution < 1.29 is 222 Å². The van der Waals surface area contributed by atoms with Crippen LogP contribution in [0, 0.1) is 0 Å². The summed E-state index contributed by atoms with van der Waals surface area (Å²) in [4.78, 5) is 50.9. The van der Waals surface area contributed by atoms with Gasteiger partial charge >= 0.3 is 0 Å². The average molecular weight is 1630 g/mol. The van der Waals surface area contributed by atoms with Crippen LogP contribution in [0.5, 0.6) is 0 Å². The van der Waals surface area contributed by atoms with E-state index in [-0.39, 0.29) is 0 Å². The molecule has 0 spiro atoms. The molecule has 9 heterocycles. The van der Waals surface area contributed by atoms with Gasteiger partial charge in [0.25, 0.3) is 0 Å². The average Bonchev–Trinajstić information content (AvgIpc) is 0.768. The van der Waals surface area contributed by atoms with Gasteiger partial charge in [-0.1, -0.05) is 0 Å². The van der Waals surface area contributed by atoms with E-state index in [9.17, 15) is 142 Å². The van der Waals surface area contributed by atoms with Crippen LogP contribution in [0.15, 0.2) is 0 Å². The Morgan fingerprint density at radius 1 is 0.252 bits per heavy atom. The van der Waals surface area contributed by atoms with Crippen molar-refractivity contribution in [2.24, 2.45) is 0 Å². The highest BCUT2D eigenvalue weighted by Gasteiger charge is 2.61. The van der Waals surface area contributed by atoms with Crippen LogP contribution < -0.4 is 21.3 Å². The molecular weight excluding hydrogens is 1520 g/mol. The highest BCUT2D eigenvalue weighted by atomic mass is 16.8. The number of carbonyl (C=O) groups is 4. The standard InChI is InChI=1S/C62H104N4O45/c1-14-31(77)41(87)45(91)58(97-14)95-13-26-50(38(84)27(54(94)98-26)63-15(2)73)106-56-29(65-17(4)75)39(85)49(24(11-72)103-56)108-60-47(93)51(109-62-53(44(90)35(81)22(9-70)102-62)111-55-28(64-16(3)74)37(83)32(78)19(6-67)99-55)36(82)25(105-60)12-96-61-52(43(89)34(80)21(8-69)101-61)110-57-30(66-18(5)76)40(86)48(23(10-71)104-57)107-59-46(92)42(88)33(79)20(7-68)100-59/h14,19-62,67-72,77-94H,6-13H2,1-5H3,(H,63,73)(H,64,74)(H,65,75)(H,66,76)/t14-,19+,20+,21+,22+,23+,24+,25+,26+,27+,28-,29+,30+,31+,32+,33-,34+,35+,36+,37+,38+,39+,40+,41+,42-,43-,44-,45-,46+,47-,48+,49+,50+,51-,52-,53-,54+,55-,56-,57-,58+,59-,60-,61-,62+/m0/s1. The zero-order chi connectivity index (χ0) is 81.8. The minimum Gasteiger partial charge on any atom is -0.394 e. The van der Waals surface area contributed by atoms with Gasteiger partial charge in [0.15, 0.2) is 56.6 Å². The number of hydrogen-bond acceptors (Lipinski definition) is 45. The van der Waals surface area contributed by atoms with Crippen molar-refractivity contribution in [3.8, 4) is 0 Å². The lowest BCUT2D eigenvalue weighted by molar-refractivity contribution is -0.396. The first-order chi connectivity index (χ1) is 52.4. The van der Waals surface area contributed by atoms with E-state index in [1.807, 2.05) is 0 Å². The van der Waals surface area contributed by atoms with Crippen molar-refractivity contribution in [1.82, 2.24) is 21.3 Å². The molecule has 0 aromatic rings. The van der Waals surface area contributed by atoms with Gasteiger partial charge in [-0.3, -0.25) is 19.2 Å². The number of aliphatic hydroxyl groups excluding tert-OH is 24. The highest BCUT2D eigenvalue weighted by molar-refractivity contribution is 5.74.